The molecule has 1 atom stereocenters. The molecule has 1 amide bonds. The van der Waals surface area contributed by atoms with Crippen molar-refractivity contribution >= 4 is 28.3 Å². The second-order valence-electron chi connectivity index (χ2n) is 5.04. The zero-order valence-corrected chi connectivity index (χ0v) is 12.9. The largest absolute Gasteiger partial charge is 0.419 e. The van der Waals surface area contributed by atoms with Crippen LogP contribution in [0.25, 0.3) is 11.1 Å². The van der Waals surface area contributed by atoms with Crippen LogP contribution >= 0.6 is 11.3 Å². The molecule has 22 heavy (non-hydrogen) atoms. The Bertz CT molecular complexity index is 833. The molecule has 3 rings (SSSR count). The number of amides is 1. The van der Waals surface area contributed by atoms with Gasteiger partial charge in [0.15, 0.2) is 5.58 Å². The number of aromatic nitrogens is 1. The van der Waals surface area contributed by atoms with Gasteiger partial charge < -0.3 is 9.73 Å². The van der Waals surface area contributed by atoms with Gasteiger partial charge >= 0.3 is 5.76 Å². The molecule has 0 aliphatic carbocycles. The third-order valence-electron chi connectivity index (χ3n) is 3.48. The molecule has 0 radical (unpaired) electrons. The van der Waals surface area contributed by atoms with E-state index in [1.807, 2.05) is 42.6 Å². The number of benzene rings is 1. The Kier molecular flexibility index (Phi) is 4.11. The molecule has 5 nitrogen and oxygen atoms in total. The number of thiophene rings is 1. The van der Waals surface area contributed by atoms with Crippen molar-refractivity contribution in [2.45, 2.75) is 25.9 Å². The van der Waals surface area contributed by atoms with Gasteiger partial charge in [-0.3, -0.25) is 9.36 Å². The van der Waals surface area contributed by atoms with Gasteiger partial charge in [0, 0.05) is 17.8 Å². The Morgan fingerprint density at radius 3 is 2.91 bits per heavy atom. The predicted molar refractivity (Wildman–Crippen MR) is 86.0 cm³/mol. The van der Waals surface area contributed by atoms with Crippen molar-refractivity contribution in [1.82, 2.24) is 9.88 Å². The highest BCUT2D eigenvalue weighted by Crippen LogP contribution is 2.18. The zero-order chi connectivity index (χ0) is 15.5. The van der Waals surface area contributed by atoms with Crippen LogP contribution in [0.15, 0.2) is 51.0 Å². The summed E-state index contributed by atoms with van der Waals surface area (Å²) < 4.78 is 6.64. The van der Waals surface area contributed by atoms with Crippen LogP contribution in [-0.4, -0.2) is 10.5 Å². The van der Waals surface area contributed by atoms with Gasteiger partial charge in [-0.05, 0) is 30.5 Å². The minimum Gasteiger partial charge on any atom is -0.408 e. The van der Waals surface area contributed by atoms with Crippen molar-refractivity contribution < 1.29 is 9.21 Å². The van der Waals surface area contributed by atoms with Crippen molar-refractivity contribution in [2.75, 3.05) is 0 Å². The van der Waals surface area contributed by atoms with E-state index in [4.69, 9.17) is 4.42 Å². The first-order valence-electron chi connectivity index (χ1n) is 7.06. The van der Waals surface area contributed by atoms with E-state index in [1.54, 1.807) is 17.4 Å². The van der Waals surface area contributed by atoms with Crippen LogP contribution < -0.4 is 11.1 Å². The molecular formula is C16H16N2O3S. The minimum atomic E-state index is -0.430. The fraction of sp³-hybridized carbons (Fsp3) is 0.250. The van der Waals surface area contributed by atoms with Gasteiger partial charge in [-0.1, -0.05) is 18.2 Å². The van der Waals surface area contributed by atoms with Gasteiger partial charge in [0.05, 0.1) is 11.6 Å². The fourth-order valence-corrected chi connectivity index (χ4v) is 3.10. The normalized spacial score (nSPS) is 12.4. The summed E-state index contributed by atoms with van der Waals surface area (Å²) in [5, 5.41) is 4.92. The maximum atomic E-state index is 12.0. The number of hydrogen-bond acceptors (Lipinski definition) is 4. The molecule has 1 aromatic carbocycles. The third kappa shape index (κ3) is 2.96. The third-order valence-corrected chi connectivity index (χ3v) is 4.54. The number of fused-ring (bicyclic) bond motifs is 1. The Morgan fingerprint density at radius 2 is 2.14 bits per heavy atom. The number of nitrogens with one attached hydrogen (secondary N) is 1. The van der Waals surface area contributed by atoms with Crippen LogP contribution in [-0.2, 0) is 11.3 Å². The first kappa shape index (κ1) is 14.6. The number of hydrogen-bond donors (Lipinski definition) is 1. The highest BCUT2D eigenvalue weighted by molar-refractivity contribution is 7.10. The number of para-hydroxylation sites is 2. The van der Waals surface area contributed by atoms with Gasteiger partial charge in [0.1, 0.15) is 0 Å². The molecule has 0 saturated heterocycles. The first-order valence-corrected chi connectivity index (χ1v) is 7.94. The molecule has 1 N–H and O–H groups in total. The SMILES string of the molecule is CC(NC(=O)CCn1c(=O)oc2ccccc21)c1cccs1. The summed E-state index contributed by atoms with van der Waals surface area (Å²) in [5.74, 6) is -0.515. The van der Waals surface area contributed by atoms with Crippen LogP contribution in [0.5, 0.6) is 0 Å². The van der Waals surface area contributed by atoms with Crippen LogP contribution in [0, 0.1) is 0 Å². The Hall–Kier alpha value is -2.34. The number of nitrogens with zero attached hydrogens (tertiary/aromatic N) is 1. The second-order valence-corrected chi connectivity index (χ2v) is 6.02. The van der Waals surface area contributed by atoms with Crippen molar-refractivity contribution in [3.05, 3.63) is 57.2 Å². The maximum Gasteiger partial charge on any atom is 0.419 e. The first-order chi connectivity index (χ1) is 10.6. The van der Waals surface area contributed by atoms with E-state index in [2.05, 4.69) is 5.32 Å². The van der Waals surface area contributed by atoms with E-state index in [0.717, 1.165) is 4.88 Å². The molecule has 1 unspecified atom stereocenters. The van der Waals surface area contributed by atoms with Gasteiger partial charge in [-0.15, -0.1) is 11.3 Å². The molecule has 2 aromatic heterocycles. The monoisotopic (exact) mass is 316 g/mol. The summed E-state index contributed by atoms with van der Waals surface area (Å²) in [5.41, 5.74) is 1.26. The van der Waals surface area contributed by atoms with E-state index < -0.39 is 5.76 Å². The fourth-order valence-electron chi connectivity index (χ4n) is 2.36. The van der Waals surface area contributed by atoms with Gasteiger partial charge in [-0.2, -0.15) is 0 Å². The molecule has 3 aromatic rings. The molecular weight excluding hydrogens is 300 g/mol. The lowest BCUT2D eigenvalue weighted by molar-refractivity contribution is -0.121. The number of carbonyl (C=O) groups excluding carboxylic acids is 1. The van der Waals surface area contributed by atoms with Crippen LogP contribution in [0.2, 0.25) is 0 Å². The molecule has 2 heterocycles. The lowest BCUT2D eigenvalue weighted by Gasteiger charge is -2.12. The van der Waals surface area contributed by atoms with Crippen molar-refractivity contribution in [1.29, 1.82) is 0 Å². The molecule has 114 valence electrons. The van der Waals surface area contributed by atoms with E-state index >= 15 is 0 Å². The zero-order valence-electron chi connectivity index (χ0n) is 12.1. The maximum absolute atomic E-state index is 12.0. The molecule has 0 aliphatic heterocycles. The molecule has 0 saturated carbocycles. The second kappa shape index (κ2) is 6.19. The number of aryl methyl sites for hydroxylation is 1. The summed E-state index contributed by atoms with van der Waals surface area (Å²) in [4.78, 5) is 25.0. The summed E-state index contributed by atoms with van der Waals surface area (Å²) in [6.07, 6.45) is 0.235. The van der Waals surface area contributed by atoms with Gasteiger partial charge in [0.2, 0.25) is 5.91 Å². The van der Waals surface area contributed by atoms with E-state index in [0.29, 0.717) is 17.6 Å². The molecule has 0 bridgehead atoms. The Balaban J connectivity index is 1.65. The van der Waals surface area contributed by atoms with Crippen LogP contribution in [0.4, 0.5) is 0 Å². The highest BCUT2D eigenvalue weighted by atomic mass is 32.1. The summed E-state index contributed by atoms with van der Waals surface area (Å²) in [6.45, 7) is 2.25. The molecule has 0 aliphatic rings. The van der Waals surface area contributed by atoms with E-state index in [9.17, 15) is 9.59 Å². The summed E-state index contributed by atoms with van der Waals surface area (Å²) in [6, 6.07) is 11.1. The van der Waals surface area contributed by atoms with Crippen molar-refractivity contribution in [3.8, 4) is 0 Å². The number of rotatable bonds is 5. The quantitative estimate of drug-likeness (QED) is 0.787. The number of carbonyl (C=O) groups is 1. The number of oxazole rings is 1. The minimum absolute atomic E-state index is 0.0229. The van der Waals surface area contributed by atoms with Gasteiger partial charge in [0.25, 0.3) is 0 Å². The lowest BCUT2D eigenvalue weighted by Crippen LogP contribution is -2.28. The predicted octanol–water partition coefficient (Wildman–Crippen LogP) is 2.92. The lowest BCUT2D eigenvalue weighted by atomic mass is 10.2. The standard InChI is InChI=1S/C16H16N2O3S/c1-11(14-7-4-10-22-14)17-15(19)8-9-18-12-5-2-3-6-13(12)21-16(18)20/h2-7,10-11H,8-9H2,1H3,(H,17,19). The Labute approximate surface area is 131 Å². The average Bonchev–Trinajstić information content (AvgIpc) is 3.12. The smallest absolute Gasteiger partial charge is 0.408 e. The van der Waals surface area contributed by atoms with Crippen LogP contribution in [0.1, 0.15) is 24.3 Å². The van der Waals surface area contributed by atoms with Crippen LogP contribution in [0.3, 0.4) is 0 Å². The van der Waals surface area contributed by atoms with Gasteiger partial charge in [-0.25, -0.2) is 4.79 Å². The van der Waals surface area contributed by atoms with Crippen molar-refractivity contribution in [2.24, 2.45) is 0 Å². The highest BCUT2D eigenvalue weighted by Gasteiger charge is 2.13. The summed E-state index contributed by atoms with van der Waals surface area (Å²) in [7, 11) is 0. The average molecular weight is 316 g/mol. The summed E-state index contributed by atoms with van der Waals surface area (Å²) >= 11 is 1.61. The molecule has 6 heteroatoms. The molecule has 0 fully saturated rings. The van der Waals surface area contributed by atoms with E-state index in [-0.39, 0.29) is 18.4 Å². The topological polar surface area (TPSA) is 64.2 Å². The van der Waals surface area contributed by atoms with E-state index in [1.165, 1.54) is 4.57 Å². The molecule has 0 spiro atoms. The van der Waals surface area contributed by atoms with Crippen molar-refractivity contribution in [3.63, 3.8) is 0 Å². The Morgan fingerprint density at radius 1 is 1.32 bits per heavy atom.